The van der Waals surface area contributed by atoms with E-state index in [1.807, 2.05) is 6.07 Å². The predicted octanol–water partition coefficient (Wildman–Crippen LogP) is 6.03. The van der Waals surface area contributed by atoms with Crippen LogP contribution in [0.25, 0.3) is 0 Å². The lowest BCUT2D eigenvalue weighted by molar-refractivity contribution is 0.581. The minimum absolute atomic E-state index is 0.178. The van der Waals surface area contributed by atoms with Crippen LogP contribution in [0.3, 0.4) is 0 Å². The Morgan fingerprint density at radius 2 is 1.63 bits per heavy atom. The molecule has 0 bridgehead atoms. The molecule has 19 heavy (non-hydrogen) atoms. The van der Waals surface area contributed by atoms with E-state index < -0.39 is 0 Å². The van der Waals surface area contributed by atoms with Crippen LogP contribution in [0.1, 0.15) is 58.3 Å². The van der Waals surface area contributed by atoms with E-state index in [0.29, 0.717) is 0 Å². The number of unbranched alkanes of at least 4 members (excludes halogenated alkanes) is 7. The molecule has 0 atom stereocenters. The van der Waals surface area contributed by atoms with E-state index >= 15 is 0 Å². The molecule has 0 radical (unpaired) electrons. The minimum atomic E-state index is -0.359. The van der Waals surface area contributed by atoms with Crippen molar-refractivity contribution < 1.29 is 4.39 Å². The third-order valence-corrected chi connectivity index (χ3v) is 3.59. The Hall–Kier alpha value is -0.760. The lowest BCUT2D eigenvalue weighted by atomic mass is 10.1. The number of hydrogen-bond acceptors (Lipinski definition) is 1. The van der Waals surface area contributed by atoms with Crippen molar-refractivity contribution in [2.45, 2.75) is 58.3 Å². The van der Waals surface area contributed by atoms with Crippen molar-refractivity contribution in [3.05, 3.63) is 29.0 Å². The van der Waals surface area contributed by atoms with Gasteiger partial charge in [-0.1, -0.05) is 63.5 Å². The van der Waals surface area contributed by atoms with Crippen molar-refractivity contribution in [2.24, 2.45) is 0 Å². The molecule has 0 aliphatic heterocycles. The number of benzene rings is 1. The first-order chi connectivity index (χ1) is 9.24. The largest absolute Gasteiger partial charge is 0.385 e. The highest BCUT2D eigenvalue weighted by Crippen LogP contribution is 2.18. The molecular formula is C16H25ClFN. The average Bonchev–Trinajstić information content (AvgIpc) is 2.41. The van der Waals surface area contributed by atoms with Crippen LogP contribution in [-0.2, 0) is 0 Å². The summed E-state index contributed by atoms with van der Waals surface area (Å²) >= 11 is 5.63. The molecule has 0 saturated heterocycles. The molecule has 108 valence electrons. The van der Waals surface area contributed by atoms with Crippen molar-refractivity contribution in [3.8, 4) is 0 Å². The van der Waals surface area contributed by atoms with Gasteiger partial charge in [-0.05, 0) is 24.6 Å². The standard InChI is InChI=1S/C16H25ClFN/c1-2-3-4-5-6-7-8-9-12-19-14-10-11-15(17)16(18)13-14/h10-11,13,19H,2-9,12H2,1H3. The molecule has 0 spiro atoms. The second-order valence-corrected chi connectivity index (χ2v) is 5.44. The van der Waals surface area contributed by atoms with Crippen LogP contribution in [0.15, 0.2) is 18.2 Å². The van der Waals surface area contributed by atoms with Gasteiger partial charge < -0.3 is 5.32 Å². The van der Waals surface area contributed by atoms with Crippen LogP contribution in [-0.4, -0.2) is 6.54 Å². The van der Waals surface area contributed by atoms with Crippen LogP contribution in [0.2, 0.25) is 5.02 Å². The molecule has 1 aromatic rings. The number of hydrogen-bond donors (Lipinski definition) is 1. The molecule has 0 unspecified atom stereocenters. The van der Waals surface area contributed by atoms with Gasteiger partial charge in [-0.2, -0.15) is 0 Å². The summed E-state index contributed by atoms with van der Waals surface area (Å²) in [6.45, 7) is 3.14. The monoisotopic (exact) mass is 285 g/mol. The first kappa shape index (κ1) is 16.3. The van der Waals surface area contributed by atoms with Crippen molar-refractivity contribution in [1.29, 1.82) is 0 Å². The van der Waals surface area contributed by atoms with Gasteiger partial charge in [0, 0.05) is 12.2 Å². The van der Waals surface area contributed by atoms with E-state index in [9.17, 15) is 4.39 Å². The first-order valence-corrected chi connectivity index (χ1v) is 7.80. The fourth-order valence-electron chi connectivity index (χ4n) is 2.10. The summed E-state index contributed by atoms with van der Waals surface area (Å²) in [5, 5.41) is 3.40. The Morgan fingerprint density at radius 1 is 1.00 bits per heavy atom. The molecule has 1 nitrogen and oxygen atoms in total. The predicted molar refractivity (Wildman–Crippen MR) is 82.5 cm³/mol. The Kier molecular flexibility index (Phi) is 8.64. The molecule has 0 aliphatic carbocycles. The fourth-order valence-corrected chi connectivity index (χ4v) is 2.22. The molecule has 0 heterocycles. The molecule has 1 rings (SSSR count). The van der Waals surface area contributed by atoms with Gasteiger partial charge in [-0.15, -0.1) is 0 Å². The highest BCUT2D eigenvalue weighted by molar-refractivity contribution is 6.30. The minimum Gasteiger partial charge on any atom is -0.385 e. The zero-order chi connectivity index (χ0) is 13.9. The summed E-state index contributed by atoms with van der Waals surface area (Å²) in [7, 11) is 0. The molecule has 1 N–H and O–H groups in total. The number of nitrogens with one attached hydrogen (secondary N) is 1. The average molecular weight is 286 g/mol. The van der Waals surface area contributed by atoms with Crippen molar-refractivity contribution in [2.75, 3.05) is 11.9 Å². The maximum Gasteiger partial charge on any atom is 0.143 e. The number of rotatable bonds is 10. The van der Waals surface area contributed by atoms with Gasteiger partial charge in [0.1, 0.15) is 5.82 Å². The molecule has 0 saturated carbocycles. The van der Waals surface area contributed by atoms with E-state index in [2.05, 4.69) is 12.2 Å². The van der Waals surface area contributed by atoms with Gasteiger partial charge in [0.2, 0.25) is 0 Å². The Bertz CT molecular complexity index is 355. The third-order valence-electron chi connectivity index (χ3n) is 3.28. The lowest BCUT2D eigenvalue weighted by Gasteiger charge is -2.07. The van der Waals surface area contributed by atoms with E-state index in [1.54, 1.807) is 6.07 Å². The fraction of sp³-hybridized carbons (Fsp3) is 0.625. The Labute approximate surface area is 121 Å². The summed E-state index contributed by atoms with van der Waals surface area (Å²) < 4.78 is 13.2. The van der Waals surface area contributed by atoms with Gasteiger partial charge in [0.15, 0.2) is 0 Å². The maximum absolute atomic E-state index is 13.2. The molecule has 0 aliphatic rings. The number of anilines is 1. The topological polar surface area (TPSA) is 12.0 Å². The summed E-state index contributed by atoms with van der Waals surface area (Å²) in [6, 6.07) is 4.86. The van der Waals surface area contributed by atoms with Crippen LogP contribution < -0.4 is 5.32 Å². The van der Waals surface area contributed by atoms with Gasteiger partial charge in [0.05, 0.1) is 5.02 Å². The van der Waals surface area contributed by atoms with Gasteiger partial charge in [-0.3, -0.25) is 0 Å². The van der Waals surface area contributed by atoms with Crippen molar-refractivity contribution in [1.82, 2.24) is 0 Å². The summed E-state index contributed by atoms with van der Waals surface area (Å²) in [6.07, 6.45) is 10.4. The quantitative estimate of drug-likeness (QED) is 0.517. The summed E-state index contributed by atoms with van der Waals surface area (Å²) in [4.78, 5) is 0. The van der Waals surface area contributed by atoms with Gasteiger partial charge in [-0.25, -0.2) is 4.39 Å². The second kappa shape index (κ2) is 10.1. The smallest absolute Gasteiger partial charge is 0.143 e. The van der Waals surface area contributed by atoms with E-state index in [0.717, 1.165) is 18.7 Å². The summed E-state index contributed by atoms with van der Waals surface area (Å²) in [5.74, 6) is -0.359. The van der Waals surface area contributed by atoms with E-state index in [-0.39, 0.29) is 10.8 Å². The van der Waals surface area contributed by atoms with E-state index in [1.165, 1.54) is 51.0 Å². The Morgan fingerprint density at radius 3 is 2.26 bits per heavy atom. The van der Waals surface area contributed by atoms with E-state index in [4.69, 9.17) is 11.6 Å². The normalized spacial score (nSPS) is 10.7. The number of halogens is 2. The van der Waals surface area contributed by atoms with Gasteiger partial charge in [0.25, 0.3) is 0 Å². The lowest BCUT2D eigenvalue weighted by Crippen LogP contribution is -2.01. The molecular weight excluding hydrogens is 261 g/mol. The summed E-state index contributed by atoms with van der Waals surface area (Å²) in [5.41, 5.74) is 0.810. The van der Waals surface area contributed by atoms with Crippen LogP contribution in [0, 0.1) is 5.82 Å². The maximum atomic E-state index is 13.2. The molecule has 0 aromatic heterocycles. The van der Waals surface area contributed by atoms with Crippen LogP contribution >= 0.6 is 11.6 Å². The molecule has 0 fully saturated rings. The highest BCUT2D eigenvalue weighted by atomic mass is 35.5. The van der Waals surface area contributed by atoms with Crippen molar-refractivity contribution >= 4 is 17.3 Å². The third kappa shape index (κ3) is 7.41. The second-order valence-electron chi connectivity index (χ2n) is 5.03. The highest BCUT2D eigenvalue weighted by Gasteiger charge is 2.00. The zero-order valence-electron chi connectivity index (χ0n) is 11.9. The van der Waals surface area contributed by atoms with Crippen LogP contribution in [0.4, 0.5) is 10.1 Å². The first-order valence-electron chi connectivity index (χ1n) is 7.43. The van der Waals surface area contributed by atoms with Gasteiger partial charge >= 0.3 is 0 Å². The van der Waals surface area contributed by atoms with Crippen molar-refractivity contribution in [3.63, 3.8) is 0 Å². The molecule has 0 amide bonds. The molecule has 3 heteroatoms. The Balaban J connectivity index is 2.00. The SMILES string of the molecule is CCCCCCCCCCNc1ccc(Cl)c(F)c1. The van der Waals surface area contributed by atoms with Crippen LogP contribution in [0.5, 0.6) is 0 Å². The molecule has 1 aromatic carbocycles. The zero-order valence-corrected chi connectivity index (χ0v) is 12.6.